The van der Waals surface area contributed by atoms with Gasteiger partial charge < -0.3 is 11.1 Å². The first kappa shape index (κ1) is 6.68. The fourth-order valence-corrected chi connectivity index (χ4v) is 1.41. The van der Waals surface area contributed by atoms with Crippen molar-refractivity contribution in [3.63, 3.8) is 0 Å². The normalized spacial score (nSPS) is 26.2. The highest BCUT2D eigenvalue weighted by Crippen LogP contribution is 2.10. The first-order valence-electron chi connectivity index (χ1n) is 2.79. The van der Waals surface area contributed by atoms with Crippen molar-refractivity contribution in [1.82, 2.24) is 5.32 Å². The molecule has 0 saturated heterocycles. The zero-order valence-electron chi connectivity index (χ0n) is 5.19. The van der Waals surface area contributed by atoms with Crippen molar-refractivity contribution in [2.45, 2.75) is 13.0 Å². The summed E-state index contributed by atoms with van der Waals surface area (Å²) in [6.07, 6.45) is 3.81. The van der Waals surface area contributed by atoms with Gasteiger partial charge in [-0.3, -0.25) is 0 Å². The fourth-order valence-electron chi connectivity index (χ4n) is 0.784. The van der Waals surface area contributed by atoms with Crippen molar-refractivity contribution >= 4 is 15.9 Å². The van der Waals surface area contributed by atoms with Gasteiger partial charge in [-0.2, -0.15) is 0 Å². The number of dihydropyridines is 1. The number of allylic oxidation sites excluding steroid dienone is 1. The molecule has 1 aliphatic rings. The number of nitrogens with two attached hydrogens (primary N) is 1. The number of halogens is 1. The molecule has 0 spiro atoms. The van der Waals surface area contributed by atoms with Crippen LogP contribution in [-0.4, -0.2) is 6.04 Å². The summed E-state index contributed by atoms with van der Waals surface area (Å²) in [5.74, 6) is 0. The van der Waals surface area contributed by atoms with Crippen LogP contribution in [0, 0.1) is 0 Å². The van der Waals surface area contributed by atoms with Crippen molar-refractivity contribution < 1.29 is 0 Å². The summed E-state index contributed by atoms with van der Waals surface area (Å²) in [7, 11) is 0. The second-order valence-corrected chi connectivity index (χ2v) is 2.95. The van der Waals surface area contributed by atoms with Gasteiger partial charge >= 0.3 is 0 Å². The van der Waals surface area contributed by atoms with Crippen molar-refractivity contribution in [3.05, 3.63) is 22.5 Å². The average Bonchev–Trinajstić information content (AvgIpc) is 1.59. The number of nitrogens with one attached hydrogen (secondary N) is 1. The SMILES string of the molecule is CC1C=C(N)C=C(Br)N1. The van der Waals surface area contributed by atoms with Crippen LogP contribution in [0.5, 0.6) is 0 Å². The molecular formula is C6H9BrN2. The highest BCUT2D eigenvalue weighted by atomic mass is 79.9. The number of hydrogen-bond donors (Lipinski definition) is 2. The largest absolute Gasteiger partial charge is 0.399 e. The summed E-state index contributed by atoms with van der Waals surface area (Å²) in [4.78, 5) is 0. The molecule has 3 heteroatoms. The lowest BCUT2D eigenvalue weighted by Crippen LogP contribution is -2.25. The third kappa shape index (κ3) is 1.75. The van der Waals surface area contributed by atoms with Crippen LogP contribution in [0.25, 0.3) is 0 Å². The quantitative estimate of drug-likeness (QED) is 0.559. The third-order valence-corrected chi connectivity index (χ3v) is 1.56. The summed E-state index contributed by atoms with van der Waals surface area (Å²) in [6.45, 7) is 2.04. The Morgan fingerprint density at radius 3 is 2.89 bits per heavy atom. The molecule has 1 heterocycles. The van der Waals surface area contributed by atoms with Gasteiger partial charge in [0.2, 0.25) is 0 Å². The highest BCUT2D eigenvalue weighted by Gasteiger charge is 2.03. The van der Waals surface area contributed by atoms with Crippen LogP contribution in [-0.2, 0) is 0 Å². The lowest BCUT2D eigenvalue weighted by molar-refractivity contribution is 0.744. The maximum Gasteiger partial charge on any atom is 0.0805 e. The Labute approximate surface area is 62.9 Å². The van der Waals surface area contributed by atoms with E-state index >= 15 is 0 Å². The summed E-state index contributed by atoms with van der Waals surface area (Å²) in [5, 5.41) is 3.13. The van der Waals surface area contributed by atoms with E-state index in [-0.39, 0.29) is 0 Å². The Bertz CT molecular complexity index is 172. The van der Waals surface area contributed by atoms with Gasteiger partial charge in [-0.25, -0.2) is 0 Å². The van der Waals surface area contributed by atoms with Crippen LogP contribution in [0.3, 0.4) is 0 Å². The van der Waals surface area contributed by atoms with E-state index < -0.39 is 0 Å². The van der Waals surface area contributed by atoms with Crippen LogP contribution in [0.2, 0.25) is 0 Å². The fraction of sp³-hybridized carbons (Fsp3) is 0.333. The molecule has 0 aromatic rings. The zero-order valence-corrected chi connectivity index (χ0v) is 6.77. The summed E-state index contributed by atoms with van der Waals surface area (Å²) in [6, 6.07) is 0.337. The molecule has 0 bridgehead atoms. The highest BCUT2D eigenvalue weighted by molar-refractivity contribution is 9.11. The van der Waals surface area contributed by atoms with Gasteiger partial charge in [-0.15, -0.1) is 0 Å². The molecule has 2 nitrogen and oxygen atoms in total. The van der Waals surface area contributed by atoms with Gasteiger partial charge in [0.1, 0.15) is 0 Å². The van der Waals surface area contributed by atoms with Crippen LogP contribution in [0.4, 0.5) is 0 Å². The molecule has 0 aliphatic carbocycles. The number of rotatable bonds is 0. The van der Waals surface area contributed by atoms with Crippen LogP contribution in [0.15, 0.2) is 22.5 Å². The molecule has 3 N–H and O–H groups in total. The smallest absolute Gasteiger partial charge is 0.0805 e. The Balaban J connectivity index is 2.74. The molecular weight excluding hydrogens is 180 g/mol. The Morgan fingerprint density at radius 1 is 1.78 bits per heavy atom. The Morgan fingerprint density at radius 2 is 2.44 bits per heavy atom. The standard InChI is InChI=1S/C6H9BrN2/c1-4-2-5(8)3-6(7)9-4/h2-4,9H,8H2,1H3. The molecule has 50 valence electrons. The minimum atomic E-state index is 0.337. The van der Waals surface area contributed by atoms with E-state index in [4.69, 9.17) is 5.73 Å². The average molecular weight is 189 g/mol. The molecule has 0 fully saturated rings. The zero-order chi connectivity index (χ0) is 6.85. The van der Waals surface area contributed by atoms with Crippen molar-refractivity contribution in [2.75, 3.05) is 0 Å². The minimum Gasteiger partial charge on any atom is -0.399 e. The predicted molar refractivity (Wildman–Crippen MR) is 41.9 cm³/mol. The van der Waals surface area contributed by atoms with E-state index in [0.717, 1.165) is 10.3 Å². The molecule has 1 unspecified atom stereocenters. The van der Waals surface area contributed by atoms with Crippen LogP contribution < -0.4 is 11.1 Å². The van der Waals surface area contributed by atoms with Gasteiger partial charge in [-0.1, -0.05) is 0 Å². The molecule has 9 heavy (non-hydrogen) atoms. The predicted octanol–water partition coefficient (Wildman–Crippen LogP) is 1.06. The first-order valence-corrected chi connectivity index (χ1v) is 3.59. The Hall–Kier alpha value is -0.440. The summed E-state index contributed by atoms with van der Waals surface area (Å²) in [5.41, 5.74) is 6.34. The van der Waals surface area contributed by atoms with Crippen molar-refractivity contribution in [2.24, 2.45) is 5.73 Å². The van der Waals surface area contributed by atoms with Crippen LogP contribution in [0.1, 0.15) is 6.92 Å². The van der Waals surface area contributed by atoms with E-state index in [2.05, 4.69) is 21.2 Å². The summed E-state index contributed by atoms with van der Waals surface area (Å²) < 4.78 is 0.954. The minimum absolute atomic E-state index is 0.337. The molecule has 0 radical (unpaired) electrons. The van der Waals surface area contributed by atoms with Gasteiger partial charge in [0.25, 0.3) is 0 Å². The molecule has 0 amide bonds. The molecule has 1 rings (SSSR count). The molecule has 1 atom stereocenters. The molecule has 0 saturated carbocycles. The van der Waals surface area contributed by atoms with E-state index in [0.29, 0.717) is 6.04 Å². The van der Waals surface area contributed by atoms with Crippen molar-refractivity contribution in [3.8, 4) is 0 Å². The third-order valence-electron chi connectivity index (χ3n) is 1.10. The topological polar surface area (TPSA) is 38.0 Å². The van der Waals surface area contributed by atoms with E-state index in [1.54, 1.807) is 0 Å². The van der Waals surface area contributed by atoms with Crippen molar-refractivity contribution in [1.29, 1.82) is 0 Å². The monoisotopic (exact) mass is 188 g/mol. The second kappa shape index (κ2) is 2.43. The maximum atomic E-state index is 5.53. The second-order valence-electron chi connectivity index (χ2n) is 2.09. The molecule has 1 aliphatic heterocycles. The number of hydrogen-bond acceptors (Lipinski definition) is 2. The Kier molecular flexibility index (Phi) is 1.81. The lowest BCUT2D eigenvalue weighted by atomic mass is 10.2. The van der Waals surface area contributed by atoms with Gasteiger partial charge in [0.05, 0.1) is 4.61 Å². The summed E-state index contributed by atoms with van der Waals surface area (Å²) >= 11 is 3.30. The maximum absolute atomic E-state index is 5.53. The van der Waals surface area contributed by atoms with E-state index in [9.17, 15) is 0 Å². The van der Waals surface area contributed by atoms with Gasteiger partial charge in [-0.05, 0) is 35.0 Å². The molecule has 0 aromatic carbocycles. The van der Waals surface area contributed by atoms with E-state index in [1.807, 2.05) is 19.1 Å². The molecule has 0 aromatic heterocycles. The van der Waals surface area contributed by atoms with Crippen LogP contribution >= 0.6 is 15.9 Å². The van der Waals surface area contributed by atoms with Gasteiger partial charge in [0.15, 0.2) is 0 Å². The van der Waals surface area contributed by atoms with E-state index in [1.165, 1.54) is 0 Å². The first-order chi connectivity index (χ1) is 4.18. The van der Waals surface area contributed by atoms with Gasteiger partial charge in [0, 0.05) is 11.7 Å². The lowest BCUT2D eigenvalue weighted by Gasteiger charge is -2.15.